The summed E-state index contributed by atoms with van der Waals surface area (Å²) in [6.07, 6.45) is 1.80. The number of ether oxygens (including phenoxy) is 1. The Hall–Kier alpha value is -2.82. The summed E-state index contributed by atoms with van der Waals surface area (Å²) in [6, 6.07) is 16.3. The molecule has 0 atom stereocenters. The zero-order valence-electron chi connectivity index (χ0n) is 16.0. The maximum Gasteiger partial charge on any atom is 0.408 e. The van der Waals surface area contributed by atoms with Crippen molar-refractivity contribution in [1.29, 1.82) is 0 Å². The number of fused-ring (bicyclic) bond motifs is 3. The zero-order chi connectivity index (χ0) is 19.7. The molecule has 146 valence electrons. The van der Waals surface area contributed by atoms with E-state index >= 15 is 0 Å². The van der Waals surface area contributed by atoms with Gasteiger partial charge in [-0.15, -0.1) is 0 Å². The first-order valence-corrected chi connectivity index (χ1v) is 9.87. The lowest BCUT2D eigenvalue weighted by Crippen LogP contribution is -2.56. The highest BCUT2D eigenvalue weighted by Crippen LogP contribution is 2.44. The van der Waals surface area contributed by atoms with Gasteiger partial charge in [0.15, 0.2) is 0 Å². The number of carboxylic acid groups (broad SMARTS) is 1. The molecule has 4 rings (SSSR count). The summed E-state index contributed by atoms with van der Waals surface area (Å²) in [4.78, 5) is 24.3. The van der Waals surface area contributed by atoms with Crippen molar-refractivity contribution in [2.75, 3.05) is 6.61 Å². The van der Waals surface area contributed by atoms with Crippen molar-refractivity contribution < 1.29 is 19.4 Å². The van der Waals surface area contributed by atoms with Crippen molar-refractivity contribution in [1.82, 2.24) is 5.32 Å². The van der Waals surface area contributed by atoms with Crippen molar-refractivity contribution in [3.05, 3.63) is 59.7 Å². The molecule has 2 aliphatic carbocycles. The number of rotatable bonds is 4. The van der Waals surface area contributed by atoms with Gasteiger partial charge in [-0.05, 0) is 53.9 Å². The molecule has 0 aliphatic heterocycles. The number of benzene rings is 2. The summed E-state index contributed by atoms with van der Waals surface area (Å²) in [5, 5.41) is 12.4. The predicted octanol–water partition coefficient (Wildman–Crippen LogP) is 4.56. The minimum Gasteiger partial charge on any atom is -0.480 e. The molecule has 2 aromatic rings. The lowest BCUT2D eigenvalue weighted by atomic mass is 9.77. The summed E-state index contributed by atoms with van der Waals surface area (Å²) >= 11 is 0. The quantitative estimate of drug-likeness (QED) is 0.817. The van der Waals surface area contributed by atoms with Gasteiger partial charge < -0.3 is 15.2 Å². The predicted molar refractivity (Wildman–Crippen MR) is 106 cm³/mol. The van der Waals surface area contributed by atoms with Crippen LogP contribution in [-0.4, -0.2) is 29.3 Å². The van der Waals surface area contributed by atoms with Gasteiger partial charge in [-0.1, -0.05) is 55.5 Å². The summed E-state index contributed by atoms with van der Waals surface area (Å²) < 4.78 is 5.53. The Labute approximate surface area is 164 Å². The highest BCUT2D eigenvalue weighted by molar-refractivity contribution is 5.84. The smallest absolute Gasteiger partial charge is 0.408 e. The van der Waals surface area contributed by atoms with Crippen molar-refractivity contribution in [2.24, 2.45) is 5.92 Å². The fourth-order valence-electron chi connectivity index (χ4n) is 4.48. The highest BCUT2D eigenvalue weighted by atomic mass is 16.5. The second-order valence-electron chi connectivity index (χ2n) is 8.02. The largest absolute Gasteiger partial charge is 0.480 e. The molecular formula is C23H25NO4. The Kier molecular flexibility index (Phi) is 4.84. The van der Waals surface area contributed by atoms with E-state index in [2.05, 4.69) is 36.5 Å². The normalized spacial score (nSPS) is 23.5. The van der Waals surface area contributed by atoms with Gasteiger partial charge in [-0.2, -0.15) is 0 Å². The Balaban J connectivity index is 1.47. The molecule has 0 bridgehead atoms. The topological polar surface area (TPSA) is 75.6 Å². The van der Waals surface area contributed by atoms with Crippen LogP contribution in [0.1, 0.15) is 49.7 Å². The number of aliphatic carboxylic acids is 1. The van der Waals surface area contributed by atoms with Crippen LogP contribution in [-0.2, 0) is 9.53 Å². The monoisotopic (exact) mass is 379 g/mol. The van der Waals surface area contributed by atoms with Crippen LogP contribution >= 0.6 is 0 Å². The summed E-state index contributed by atoms with van der Waals surface area (Å²) in [6.45, 7) is 2.30. The Morgan fingerprint density at radius 1 is 1.04 bits per heavy atom. The van der Waals surface area contributed by atoms with Crippen LogP contribution in [0.4, 0.5) is 4.79 Å². The molecule has 0 spiro atoms. The molecule has 0 radical (unpaired) electrons. The third-order valence-electron chi connectivity index (χ3n) is 6.22. The van der Waals surface area contributed by atoms with Crippen molar-refractivity contribution in [2.45, 2.75) is 44.1 Å². The molecule has 28 heavy (non-hydrogen) atoms. The molecule has 1 saturated carbocycles. The average molecular weight is 379 g/mol. The standard InChI is InChI=1S/C23H25NO4/c1-15-10-12-23(13-11-15,21(25)26)24-22(27)28-14-20-18-8-4-2-6-16(18)17-7-3-5-9-19(17)20/h2-9,15,20H,10-14H2,1H3,(H,24,27)(H,25,26). The summed E-state index contributed by atoms with van der Waals surface area (Å²) in [5.74, 6) is -0.532. The third-order valence-corrected chi connectivity index (χ3v) is 6.22. The maximum absolute atomic E-state index is 12.5. The van der Waals surface area contributed by atoms with Crippen LogP contribution < -0.4 is 5.32 Å². The van der Waals surface area contributed by atoms with Gasteiger partial charge in [0.1, 0.15) is 12.1 Å². The van der Waals surface area contributed by atoms with Crippen LogP contribution in [0.25, 0.3) is 11.1 Å². The Bertz CT molecular complexity index is 853. The lowest BCUT2D eigenvalue weighted by Gasteiger charge is -2.36. The first kappa shape index (κ1) is 18.5. The second-order valence-corrected chi connectivity index (χ2v) is 8.02. The number of amides is 1. The van der Waals surface area contributed by atoms with Crippen LogP contribution in [0.15, 0.2) is 48.5 Å². The van der Waals surface area contributed by atoms with E-state index in [0.717, 1.165) is 35.1 Å². The lowest BCUT2D eigenvalue weighted by molar-refractivity contribution is -0.146. The SMILES string of the molecule is CC1CCC(NC(=O)OCC2c3ccccc3-c3ccccc32)(C(=O)O)CC1. The fourth-order valence-corrected chi connectivity index (χ4v) is 4.48. The van der Waals surface area contributed by atoms with Gasteiger partial charge in [0.05, 0.1) is 0 Å². The molecule has 0 heterocycles. The fraction of sp³-hybridized carbons (Fsp3) is 0.391. The Morgan fingerprint density at radius 3 is 2.11 bits per heavy atom. The van der Waals surface area contributed by atoms with E-state index in [9.17, 15) is 14.7 Å². The molecule has 0 aromatic heterocycles. The van der Waals surface area contributed by atoms with E-state index in [1.54, 1.807) is 0 Å². The van der Waals surface area contributed by atoms with Gasteiger partial charge in [0.2, 0.25) is 0 Å². The van der Waals surface area contributed by atoms with Crippen molar-refractivity contribution >= 4 is 12.1 Å². The molecule has 0 unspecified atom stereocenters. The van der Waals surface area contributed by atoms with Crippen LogP contribution in [0.3, 0.4) is 0 Å². The number of hydrogen-bond acceptors (Lipinski definition) is 3. The summed E-state index contributed by atoms with van der Waals surface area (Å²) in [7, 11) is 0. The number of carbonyl (C=O) groups excluding carboxylic acids is 1. The van der Waals surface area contributed by atoms with E-state index in [-0.39, 0.29) is 12.5 Å². The summed E-state index contributed by atoms with van der Waals surface area (Å²) in [5.41, 5.74) is 3.38. The van der Waals surface area contributed by atoms with Crippen molar-refractivity contribution in [3.63, 3.8) is 0 Å². The van der Waals surface area contributed by atoms with Crippen LogP contribution in [0.5, 0.6) is 0 Å². The molecule has 2 N–H and O–H groups in total. The van der Waals surface area contributed by atoms with E-state index in [4.69, 9.17) is 4.74 Å². The molecule has 1 amide bonds. The van der Waals surface area contributed by atoms with Gasteiger partial charge >= 0.3 is 12.1 Å². The molecule has 5 nitrogen and oxygen atoms in total. The number of carbonyl (C=O) groups is 2. The second kappa shape index (κ2) is 7.30. The minimum atomic E-state index is -1.21. The molecule has 0 saturated heterocycles. The maximum atomic E-state index is 12.5. The number of nitrogens with one attached hydrogen (secondary N) is 1. The van der Waals surface area contributed by atoms with Crippen LogP contribution in [0.2, 0.25) is 0 Å². The van der Waals surface area contributed by atoms with Gasteiger partial charge in [-0.3, -0.25) is 0 Å². The molecule has 2 aliphatic rings. The Morgan fingerprint density at radius 2 is 1.57 bits per heavy atom. The van der Waals surface area contributed by atoms with Crippen molar-refractivity contribution in [3.8, 4) is 11.1 Å². The molecule has 1 fully saturated rings. The molecule has 2 aromatic carbocycles. The zero-order valence-corrected chi connectivity index (χ0v) is 16.0. The van der Waals surface area contributed by atoms with Gasteiger partial charge in [-0.25, -0.2) is 9.59 Å². The number of hydrogen-bond donors (Lipinski definition) is 2. The first-order valence-electron chi connectivity index (χ1n) is 9.87. The van der Waals surface area contributed by atoms with E-state index < -0.39 is 17.6 Å². The minimum absolute atomic E-state index is 0.0368. The number of alkyl carbamates (subject to hydrolysis) is 1. The van der Waals surface area contributed by atoms with Gasteiger partial charge in [0.25, 0.3) is 0 Å². The molecule has 5 heteroatoms. The molecular weight excluding hydrogens is 354 g/mol. The number of carboxylic acids is 1. The third kappa shape index (κ3) is 3.26. The average Bonchev–Trinajstić information content (AvgIpc) is 3.02. The van der Waals surface area contributed by atoms with Gasteiger partial charge in [0, 0.05) is 5.92 Å². The van der Waals surface area contributed by atoms with E-state index in [1.165, 1.54) is 0 Å². The first-order chi connectivity index (χ1) is 13.5. The van der Waals surface area contributed by atoms with E-state index in [1.807, 2.05) is 24.3 Å². The highest BCUT2D eigenvalue weighted by Gasteiger charge is 2.43. The van der Waals surface area contributed by atoms with E-state index in [0.29, 0.717) is 18.8 Å². The van der Waals surface area contributed by atoms with Crippen LogP contribution in [0, 0.1) is 5.92 Å².